The summed E-state index contributed by atoms with van der Waals surface area (Å²) in [4.78, 5) is 4.65. The zero-order valence-electron chi connectivity index (χ0n) is 10.8. The van der Waals surface area contributed by atoms with Crippen LogP contribution in [0.1, 0.15) is 20.8 Å². The van der Waals surface area contributed by atoms with E-state index in [-0.39, 0.29) is 0 Å². The molecule has 0 heterocycles. The van der Waals surface area contributed by atoms with Crippen LogP contribution < -0.4 is 0 Å². The third-order valence-electron chi connectivity index (χ3n) is 2.38. The van der Waals surface area contributed by atoms with Crippen molar-refractivity contribution in [2.75, 3.05) is 0 Å². The molecule has 1 rings (SSSR count). The van der Waals surface area contributed by atoms with E-state index >= 15 is 0 Å². The number of hydrogen-bond donors (Lipinski definition) is 0. The second-order valence-corrected chi connectivity index (χ2v) is 3.81. The summed E-state index contributed by atoms with van der Waals surface area (Å²) < 4.78 is 0. The largest absolute Gasteiger partial charge is 0.248 e. The molecule has 1 heteroatoms. The predicted octanol–water partition coefficient (Wildman–Crippen LogP) is 4.54. The van der Waals surface area contributed by atoms with Gasteiger partial charge in [0, 0.05) is 0 Å². The van der Waals surface area contributed by atoms with Crippen LogP contribution in [0, 0.1) is 0 Å². The molecule has 88 valence electrons. The second-order valence-electron chi connectivity index (χ2n) is 3.81. The second kappa shape index (κ2) is 6.64. The fourth-order valence-corrected chi connectivity index (χ4v) is 1.50. The highest BCUT2D eigenvalue weighted by molar-refractivity contribution is 6.11. The summed E-state index contributed by atoms with van der Waals surface area (Å²) in [5.41, 5.74) is 3.99. The van der Waals surface area contributed by atoms with Crippen molar-refractivity contribution in [2.24, 2.45) is 4.99 Å². The summed E-state index contributed by atoms with van der Waals surface area (Å²) in [7, 11) is 0. The SMILES string of the molecule is C=C1C=CC=CC1=NC(/C=C\C)=C(C)/C=C\C. The minimum atomic E-state index is 0.921. The molecule has 0 amide bonds. The van der Waals surface area contributed by atoms with E-state index in [0.29, 0.717) is 0 Å². The fraction of sp³-hybridized carbons (Fsp3) is 0.188. The molecule has 0 spiro atoms. The van der Waals surface area contributed by atoms with Crippen LogP contribution in [0.2, 0.25) is 0 Å². The molecule has 0 radical (unpaired) electrons. The zero-order valence-corrected chi connectivity index (χ0v) is 10.8. The summed E-state index contributed by atoms with van der Waals surface area (Å²) in [6.45, 7) is 10.0. The molecule has 0 atom stereocenters. The summed E-state index contributed by atoms with van der Waals surface area (Å²) in [6, 6.07) is 0. The highest BCUT2D eigenvalue weighted by Gasteiger charge is 2.02. The molecule has 0 saturated carbocycles. The van der Waals surface area contributed by atoms with Gasteiger partial charge >= 0.3 is 0 Å². The molecule has 0 aliphatic heterocycles. The number of rotatable bonds is 3. The van der Waals surface area contributed by atoms with Crippen molar-refractivity contribution in [1.29, 1.82) is 0 Å². The Labute approximate surface area is 104 Å². The average molecular weight is 225 g/mol. The van der Waals surface area contributed by atoms with E-state index in [2.05, 4.69) is 24.6 Å². The molecule has 0 aromatic heterocycles. The van der Waals surface area contributed by atoms with Crippen molar-refractivity contribution < 1.29 is 0 Å². The molecular formula is C16H19N. The Morgan fingerprint density at radius 2 is 1.76 bits per heavy atom. The first-order valence-corrected chi connectivity index (χ1v) is 5.78. The van der Waals surface area contributed by atoms with Gasteiger partial charge in [0.2, 0.25) is 0 Å². The molecule has 0 saturated heterocycles. The third kappa shape index (κ3) is 3.87. The van der Waals surface area contributed by atoms with Gasteiger partial charge in [0.15, 0.2) is 0 Å². The molecule has 17 heavy (non-hydrogen) atoms. The lowest BCUT2D eigenvalue weighted by Crippen LogP contribution is -1.99. The number of hydrogen-bond acceptors (Lipinski definition) is 1. The van der Waals surface area contributed by atoms with Crippen LogP contribution in [0.3, 0.4) is 0 Å². The zero-order chi connectivity index (χ0) is 12.7. The van der Waals surface area contributed by atoms with Gasteiger partial charge in [0.05, 0.1) is 11.4 Å². The Balaban J connectivity index is 3.14. The van der Waals surface area contributed by atoms with E-state index < -0.39 is 0 Å². The van der Waals surface area contributed by atoms with Gasteiger partial charge in [-0.3, -0.25) is 0 Å². The molecule has 0 N–H and O–H groups in total. The van der Waals surface area contributed by atoms with Gasteiger partial charge in [0.25, 0.3) is 0 Å². The molecule has 0 fully saturated rings. The van der Waals surface area contributed by atoms with E-state index in [1.165, 1.54) is 0 Å². The number of nitrogens with zero attached hydrogens (tertiary/aromatic N) is 1. The number of aliphatic imine (C=N–C) groups is 1. The quantitative estimate of drug-likeness (QED) is 0.625. The van der Waals surface area contributed by atoms with Crippen molar-refractivity contribution in [1.82, 2.24) is 0 Å². The van der Waals surface area contributed by atoms with Gasteiger partial charge < -0.3 is 0 Å². The molecule has 0 bridgehead atoms. The smallest absolute Gasteiger partial charge is 0.0703 e. The van der Waals surface area contributed by atoms with Crippen LogP contribution in [0.5, 0.6) is 0 Å². The van der Waals surface area contributed by atoms with Gasteiger partial charge in [-0.15, -0.1) is 0 Å². The van der Waals surface area contributed by atoms with Crippen LogP contribution in [0.25, 0.3) is 0 Å². The Morgan fingerprint density at radius 3 is 2.35 bits per heavy atom. The summed E-state index contributed by atoms with van der Waals surface area (Å²) in [5.74, 6) is 0. The van der Waals surface area contributed by atoms with Crippen molar-refractivity contribution in [2.45, 2.75) is 20.8 Å². The molecule has 0 aromatic carbocycles. The third-order valence-corrected chi connectivity index (χ3v) is 2.38. The van der Waals surface area contributed by atoms with Gasteiger partial charge in [-0.05, 0) is 44.1 Å². The topological polar surface area (TPSA) is 12.4 Å². The van der Waals surface area contributed by atoms with Crippen molar-refractivity contribution in [3.05, 3.63) is 72.0 Å². The molecule has 1 nitrogen and oxygen atoms in total. The van der Waals surface area contributed by atoms with Gasteiger partial charge in [0.1, 0.15) is 0 Å². The van der Waals surface area contributed by atoms with E-state index in [1.807, 2.05) is 56.4 Å². The standard InChI is InChI=1S/C16H19N/c1-5-9-13(3)15(10-6-2)17-16-12-8-7-11-14(16)4/h5-12H,4H2,1-3H3/b9-5-,10-6-,15-13+,17-16?. The van der Waals surface area contributed by atoms with Crippen LogP contribution in [0.4, 0.5) is 0 Å². The lowest BCUT2D eigenvalue weighted by Gasteiger charge is -2.06. The van der Waals surface area contributed by atoms with E-state index in [4.69, 9.17) is 0 Å². The molecular weight excluding hydrogens is 206 g/mol. The first-order chi connectivity index (χ1) is 8.19. The molecule has 1 aliphatic carbocycles. The molecule has 0 aromatic rings. The van der Waals surface area contributed by atoms with Gasteiger partial charge in [-0.1, -0.05) is 43.0 Å². The van der Waals surface area contributed by atoms with Crippen molar-refractivity contribution >= 4 is 5.71 Å². The Hall–Kier alpha value is -1.89. The van der Waals surface area contributed by atoms with Crippen LogP contribution in [0.15, 0.2) is 77.0 Å². The van der Waals surface area contributed by atoms with Gasteiger partial charge in [-0.25, -0.2) is 4.99 Å². The Morgan fingerprint density at radius 1 is 1.12 bits per heavy atom. The van der Waals surface area contributed by atoms with Crippen molar-refractivity contribution in [3.8, 4) is 0 Å². The van der Waals surface area contributed by atoms with Crippen LogP contribution in [-0.4, -0.2) is 5.71 Å². The van der Waals surface area contributed by atoms with Crippen LogP contribution >= 0.6 is 0 Å². The summed E-state index contributed by atoms with van der Waals surface area (Å²) >= 11 is 0. The van der Waals surface area contributed by atoms with E-state index in [9.17, 15) is 0 Å². The molecule has 1 aliphatic rings. The Bertz CT molecular complexity index is 466. The first kappa shape index (κ1) is 13.2. The first-order valence-electron chi connectivity index (χ1n) is 5.78. The van der Waals surface area contributed by atoms with Crippen molar-refractivity contribution in [3.63, 3.8) is 0 Å². The predicted molar refractivity (Wildman–Crippen MR) is 77.2 cm³/mol. The minimum Gasteiger partial charge on any atom is -0.248 e. The summed E-state index contributed by atoms with van der Waals surface area (Å²) in [6.07, 6.45) is 16.0. The normalized spacial score (nSPS) is 19.7. The monoisotopic (exact) mass is 225 g/mol. The van der Waals surface area contributed by atoms with Crippen LogP contribution in [-0.2, 0) is 0 Å². The molecule has 0 unspecified atom stereocenters. The highest BCUT2D eigenvalue weighted by Crippen LogP contribution is 2.14. The minimum absolute atomic E-state index is 0.921. The van der Waals surface area contributed by atoms with E-state index in [0.717, 1.165) is 22.6 Å². The Kier molecular flexibility index (Phi) is 5.15. The highest BCUT2D eigenvalue weighted by atomic mass is 14.8. The number of allylic oxidation sites excluding steroid dienone is 10. The lowest BCUT2D eigenvalue weighted by atomic mass is 10.1. The average Bonchev–Trinajstić information content (AvgIpc) is 2.31. The maximum Gasteiger partial charge on any atom is 0.0703 e. The van der Waals surface area contributed by atoms with E-state index in [1.54, 1.807) is 0 Å². The fourth-order valence-electron chi connectivity index (χ4n) is 1.50. The maximum atomic E-state index is 4.65. The van der Waals surface area contributed by atoms with Gasteiger partial charge in [-0.2, -0.15) is 0 Å². The summed E-state index contributed by atoms with van der Waals surface area (Å²) in [5, 5.41) is 0. The maximum absolute atomic E-state index is 4.65. The lowest BCUT2D eigenvalue weighted by molar-refractivity contribution is 1.30.